The second-order valence-electron chi connectivity index (χ2n) is 5.95. The molecule has 0 bridgehead atoms. The number of anilines is 1. The third-order valence-corrected chi connectivity index (χ3v) is 5.07. The van der Waals surface area contributed by atoms with Crippen LogP contribution in [0.2, 0.25) is 4.34 Å². The van der Waals surface area contributed by atoms with Gasteiger partial charge in [0, 0.05) is 24.6 Å². The van der Waals surface area contributed by atoms with E-state index in [0.717, 1.165) is 17.8 Å². The van der Waals surface area contributed by atoms with E-state index >= 15 is 0 Å². The summed E-state index contributed by atoms with van der Waals surface area (Å²) in [6.45, 7) is 0.682. The highest BCUT2D eigenvalue weighted by molar-refractivity contribution is 7.18. The molecule has 0 spiro atoms. The van der Waals surface area contributed by atoms with E-state index in [-0.39, 0.29) is 18.6 Å². The topological polar surface area (TPSA) is 90.9 Å². The van der Waals surface area contributed by atoms with Crippen LogP contribution in [-0.4, -0.2) is 37.5 Å². The molecule has 0 saturated carbocycles. The van der Waals surface area contributed by atoms with Crippen LogP contribution in [0.4, 0.5) is 5.69 Å². The van der Waals surface area contributed by atoms with Crippen LogP contribution >= 0.6 is 22.9 Å². The lowest BCUT2D eigenvalue weighted by Crippen LogP contribution is -2.21. The number of Topliss-reactive ketones (excluding diaryl/α,β-unsaturated/α-hetero) is 1. The summed E-state index contributed by atoms with van der Waals surface area (Å²) in [6.07, 6.45) is 0.680. The van der Waals surface area contributed by atoms with Gasteiger partial charge in [-0.05, 0) is 24.3 Å². The van der Waals surface area contributed by atoms with E-state index < -0.39 is 18.5 Å². The zero-order valence-corrected chi connectivity index (χ0v) is 16.4. The maximum Gasteiger partial charge on any atom is 0.306 e. The van der Waals surface area contributed by atoms with Gasteiger partial charge in [0.15, 0.2) is 23.9 Å². The van der Waals surface area contributed by atoms with Crippen LogP contribution in [-0.2, 0) is 14.3 Å². The molecule has 7 nitrogen and oxygen atoms in total. The highest BCUT2D eigenvalue weighted by atomic mass is 35.5. The van der Waals surface area contributed by atoms with E-state index in [2.05, 4.69) is 5.32 Å². The number of rotatable bonds is 7. The highest BCUT2D eigenvalue weighted by Gasteiger charge is 2.15. The summed E-state index contributed by atoms with van der Waals surface area (Å²) in [5.41, 5.74) is 0.509. The maximum atomic E-state index is 12.0. The summed E-state index contributed by atoms with van der Waals surface area (Å²) < 4.78 is 16.5. The molecule has 9 heteroatoms. The average molecular weight is 424 g/mol. The zero-order chi connectivity index (χ0) is 19.9. The number of fused-ring (bicyclic) bond motifs is 1. The molecule has 1 aromatic heterocycles. The first-order chi connectivity index (χ1) is 13.5. The number of benzene rings is 1. The predicted octanol–water partition coefficient (Wildman–Crippen LogP) is 3.71. The van der Waals surface area contributed by atoms with Crippen molar-refractivity contribution in [2.75, 3.05) is 25.1 Å². The molecule has 0 unspecified atom stereocenters. The molecular weight excluding hydrogens is 406 g/mol. The Morgan fingerprint density at radius 1 is 1.07 bits per heavy atom. The van der Waals surface area contributed by atoms with E-state index in [9.17, 15) is 14.4 Å². The van der Waals surface area contributed by atoms with Crippen LogP contribution in [0.5, 0.6) is 11.5 Å². The summed E-state index contributed by atoms with van der Waals surface area (Å²) in [4.78, 5) is 36.1. The van der Waals surface area contributed by atoms with Crippen molar-refractivity contribution in [2.45, 2.75) is 19.3 Å². The summed E-state index contributed by atoms with van der Waals surface area (Å²) in [5.74, 6) is -0.118. The molecule has 2 aromatic rings. The van der Waals surface area contributed by atoms with Crippen LogP contribution in [0.15, 0.2) is 30.3 Å². The van der Waals surface area contributed by atoms with Gasteiger partial charge in [-0.2, -0.15) is 0 Å². The third-order valence-electron chi connectivity index (χ3n) is 3.80. The third kappa shape index (κ3) is 5.71. The highest BCUT2D eigenvalue weighted by Crippen LogP contribution is 2.32. The fourth-order valence-corrected chi connectivity index (χ4v) is 3.47. The van der Waals surface area contributed by atoms with Gasteiger partial charge in [-0.15, -0.1) is 11.3 Å². The maximum absolute atomic E-state index is 12.0. The number of esters is 1. The van der Waals surface area contributed by atoms with E-state index in [4.69, 9.17) is 25.8 Å². The van der Waals surface area contributed by atoms with Crippen molar-refractivity contribution in [1.29, 1.82) is 0 Å². The first kappa shape index (κ1) is 20.2. The fourth-order valence-electron chi connectivity index (χ4n) is 2.46. The van der Waals surface area contributed by atoms with Crippen LogP contribution in [0, 0.1) is 0 Å². The Kier molecular flexibility index (Phi) is 6.89. The van der Waals surface area contributed by atoms with E-state index in [0.29, 0.717) is 39.6 Å². The molecule has 1 aliphatic rings. The number of thiophene rings is 1. The standard InChI is InChI=1S/C19H18ClNO6S/c20-17-6-5-16(28-17)13(22)3-7-19(24)27-11-18(23)21-12-2-4-14-15(10-12)26-9-1-8-25-14/h2,4-6,10H,1,3,7-9,11H2,(H,21,23). The molecule has 28 heavy (non-hydrogen) atoms. The van der Waals surface area contributed by atoms with Crippen molar-refractivity contribution in [3.05, 3.63) is 39.5 Å². The number of carbonyl (C=O) groups is 3. The molecule has 3 rings (SSSR count). The molecule has 1 aliphatic heterocycles. The minimum atomic E-state index is -0.621. The molecule has 1 N–H and O–H groups in total. The van der Waals surface area contributed by atoms with Gasteiger partial charge in [0.25, 0.3) is 5.91 Å². The van der Waals surface area contributed by atoms with Crippen LogP contribution in [0.1, 0.15) is 28.9 Å². The molecule has 0 radical (unpaired) electrons. The van der Waals surface area contributed by atoms with Gasteiger partial charge in [0.1, 0.15) is 0 Å². The summed E-state index contributed by atoms with van der Waals surface area (Å²) in [5, 5.41) is 2.63. The quantitative estimate of drug-likeness (QED) is 0.539. The van der Waals surface area contributed by atoms with Crippen molar-refractivity contribution in [3.8, 4) is 11.5 Å². The van der Waals surface area contributed by atoms with E-state index in [1.54, 1.807) is 30.3 Å². The summed E-state index contributed by atoms with van der Waals surface area (Å²) >= 11 is 6.94. The number of amides is 1. The van der Waals surface area contributed by atoms with Crippen LogP contribution < -0.4 is 14.8 Å². The zero-order valence-electron chi connectivity index (χ0n) is 14.9. The van der Waals surface area contributed by atoms with Crippen molar-refractivity contribution in [1.82, 2.24) is 0 Å². The van der Waals surface area contributed by atoms with Gasteiger partial charge in [0.05, 0.1) is 28.8 Å². The van der Waals surface area contributed by atoms with Crippen molar-refractivity contribution >= 4 is 46.3 Å². The molecule has 1 aromatic carbocycles. The summed E-state index contributed by atoms with van der Waals surface area (Å²) in [6, 6.07) is 8.29. The normalized spacial score (nSPS) is 12.8. The minimum Gasteiger partial charge on any atom is -0.490 e. The lowest BCUT2D eigenvalue weighted by Gasteiger charge is -2.10. The number of hydrogen-bond acceptors (Lipinski definition) is 7. The Hall–Kier alpha value is -2.58. The van der Waals surface area contributed by atoms with Gasteiger partial charge in [-0.1, -0.05) is 11.6 Å². The predicted molar refractivity (Wildman–Crippen MR) is 105 cm³/mol. The number of carbonyl (C=O) groups excluding carboxylic acids is 3. The lowest BCUT2D eigenvalue weighted by molar-refractivity contribution is -0.147. The molecular formula is C19H18ClNO6S. The number of nitrogens with one attached hydrogen (secondary N) is 1. The Balaban J connectivity index is 1.42. The molecule has 0 aliphatic carbocycles. The largest absolute Gasteiger partial charge is 0.490 e. The SMILES string of the molecule is O=C(COC(=O)CCC(=O)c1ccc(Cl)s1)Nc1ccc2c(c1)OCCCO2. The first-order valence-electron chi connectivity index (χ1n) is 8.65. The van der Waals surface area contributed by atoms with Crippen LogP contribution in [0.25, 0.3) is 0 Å². The Bertz CT molecular complexity index is 881. The van der Waals surface area contributed by atoms with Crippen molar-refractivity contribution < 1.29 is 28.6 Å². The van der Waals surface area contributed by atoms with Gasteiger partial charge < -0.3 is 19.5 Å². The second kappa shape index (κ2) is 9.57. The van der Waals surface area contributed by atoms with E-state index in [1.807, 2.05) is 0 Å². The van der Waals surface area contributed by atoms with E-state index in [1.165, 1.54) is 0 Å². The van der Waals surface area contributed by atoms with Crippen molar-refractivity contribution in [3.63, 3.8) is 0 Å². The second-order valence-corrected chi connectivity index (χ2v) is 7.66. The van der Waals surface area contributed by atoms with Gasteiger partial charge in [0.2, 0.25) is 0 Å². The number of halogens is 1. The monoisotopic (exact) mass is 423 g/mol. The summed E-state index contributed by atoms with van der Waals surface area (Å²) in [7, 11) is 0. The average Bonchev–Trinajstić information content (AvgIpc) is 2.98. The molecule has 0 fully saturated rings. The first-order valence-corrected chi connectivity index (χ1v) is 9.84. The minimum absolute atomic E-state index is 0.000540. The van der Waals surface area contributed by atoms with Gasteiger partial charge >= 0.3 is 5.97 Å². The Morgan fingerprint density at radius 3 is 2.61 bits per heavy atom. The van der Waals surface area contributed by atoms with Crippen molar-refractivity contribution in [2.24, 2.45) is 0 Å². The molecule has 148 valence electrons. The van der Waals surface area contributed by atoms with Crippen LogP contribution in [0.3, 0.4) is 0 Å². The van der Waals surface area contributed by atoms with Gasteiger partial charge in [-0.25, -0.2) is 0 Å². The fraction of sp³-hybridized carbons (Fsp3) is 0.316. The molecule has 1 amide bonds. The Labute approximate surface area is 170 Å². The number of hydrogen-bond donors (Lipinski definition) is 1. The number of ketones is 1. The molecule has 0 atom stereocenters. The lowest BCUT2D eigenvalue weighted by atomic mass is 10.2. The molecule has 0 saturated heterocycles. The van der Waals surface area contributed by atoms with Gasteiger partial charge in [-0.3, -0.25) is 14.4 Å². The smallest absolute Gasteiger partial charge is 0.306 e. The Morgan fingerprint density at radius 2 is 1.86 bits per heavy atom. The molecule has 2 heterocycles. The number of ether oxygens (including phenoxy) is 3.